The minimum Gasteiger partial charge on any atom is -0.311 e. The zero-order valence-corrected chi connectivity index (χ0v) is 12.0. The summed E-state index contributed by atoms with van der Waals surface area (Å²) in [6.45, 7) is 9.75. The monoisotopic (exact) mass is 263 g/mol. The lowest BCUT2D eigenvalue weighted by atomic mass is 10.1. The van der Waals surface area contributed by atoms with Gasteiger partial charge < -0.3 is 5.32 Å². The number of hydrogen-bond donors (Lipinski definition) is 1. The second kappa shape index (κ2) is 5.59. The molecule has 1 unspecified atom stereocenters. The summed E-state index contributed by atoms with van der Waals surface area (Å²) >= 11 is 0. The molecule has 106 valence electrons. The lowest BCUT2D eigenvalue weighted by Crippen LogP contribution is -2.51. The summed E-state index contributed by atoms with van der Waals surface area (Å²) in [5.41, 5.74) is 0. The minimum atomic E-state index is 0.614. The molecule has 2 heterocycles. The second-order valence-corrected chi connectivity index (χ2v) is 6.39. The smallest absolute Gasteiger partial charge is 0.141 e. The summed E-state index contributed by atoms with van der Waals surface area (Å²) in [5.74, 6) is 2.66. The Balaban J connectivity index is 1.59. The van der Waals surface area contributed by atoms with Crippen LogP contribution in [0.15, 0.2) is 6.33 Å². The molecule has 1 aliphatic carbocycles. The van der Waals surface area contributed by atoms with E-state index in [2.05, 4.69) is 38.8 Å². The van der Waals surface area contributed by atoms with Crippen molar-refractivity contribution in [1.82, 2.24) is 25.0 Å². The summed E-state index contributed by atoms with van der Waals surface area (Å²) in [6, 6.07) is 0.704. The third-order valence-corrected chi connectivity index (χ3v) is 4.08. The van der Waals surface area contributed by atoms with Gasteiger partial charge in [-0.3, -0.25) is 4.90 Å². The topological polar surface area (TPSA) is 46.0 Å². The van der Waals surface area contributed by atoms with E-state index in [0.717, 1.165) is 37.9 Å². The number of piperazine rings is 1. The summed E-state index contributed by atoms with van der Waals surface area (Å²) in [5, 5.41) is 8.00. The van der Waals surface area contributed by atoms with E-state index < -0.39 is 0 Å². The normalized spacial score (nSPS) is 25.1. The molecule has 3 rings (SSSR count). The summed E-state index contributed by atoms with van der Waals surface area (Å²) < 4.78 is 2.07. The average Bonchev–Trinajstić information content (AvgIpc) is 3.14. The molecule has 0 aromatic carbocycles. The van der Waals surface area contributed by atoms with Crippen molar-refractivity contribution in [2.24, 2.45) is 11.8 Å². The molecule has 0 spiro atoms. The quantitative estimate of drug-likeness (QED) is 0.864. The highest BCUT2D eigenvalue weighted by atomic mass is 15.4. The number of nitrogens with zero attached hydrogens (tertiary/aromatic N) is 4. The van der Waals surface area contributed by atoms with Gasteiger partial charge >= 0.3 is 0 Å². The van der Waals surface area contributed by atoms with Gasteiger partial charge in [-0.15, -0.1) is 0 Å². The average molecular weight is 263 g/mol. The van der Waals surface area contributed by atoms with Crippen molar-refractivity contribution in [1.29, 1.82) is 0 Å². The van der Waals surface area contributed by atoms with Crippen LogP contribution in [0.5, 0.6) is 0 Å². The van der Waals surface area contributed by atoms with Gasteiger partial charge in [-0.1, -0.05) is 13.8 Å². The zero-order valence-electron chi connectivity index (χ0n) is 12.0. The van der Waals surface area contributed by atoms with Gasteiger partial charge in [0, 0.05) is 32.2 Å². The lowest BCUT2D eigenvalue weighted by molar-refractivity contribution is 0.174. The van der Waals surface area contributed by atoms with Crippen LogP contribution in [0.2, 0.25) is 0 Å². The molecule has 2 aliphatic rings. The first-order valence-electron chi connectivity index (χ1n) is 7.55. The Labute approximate surface area is 115 Å². The van der Waals surface area contributed by atoms with Gasteiger partial charge in [-0.25, -0.2) is 9.67 Å². The van der Waals surface area contributed by atoms with Crippen LogP contribution in [0, 0.1) is 11.8 Å². The molecule has 1 saturated carbocycles. The molecule has 1 N–H and O–H groups in total. The molecule has 5 nitrogen and oxygen atoms in total. The molecule has 1 aliphatic heterocycles. The molecular weight excluding hydrogens is 238 g/mol. The Hall–Kier alpha value is -0.940. The van der Waals surface area contributed by atoms with E-state index in [4.69, 9.17) is 0 Å². The molecule has 5 heteroatoms. The molecule has 1 aromatic rings. The zero-order chi connectivity index (χ0) is 13.2. The van der Waals surface area contributed by atoms with Crippen molar-refractivity contribution in [2.75, 3.05) is 19.6 Å². The Bertz CT molecular complexity index is 410. The molecular formula is C14H25N5. The first-order valence-corrected chi connectivity index (χ1v) is 7.55. The predicted molar refractivity (Wildman–Crippen MR) is 74.7 cm³/mol. The van der Waals surface area contributed by atoms with E-state index in [-0.39, 0.29) is 0 Å². The van der Waals surface area contributed by atoms with Crippen LogP contribution >= 0.6 is 0 Å². The van der Waals surface area contributed by atoms with Gasteiger partial charge in [0.2, 0.25) is 0 Å². The summed E-state index contributed by atoms with van der Waals surface area (Å²) in [4.78, 5) is 6.97. The fourth-order valence-electron chi connectivity index (χ4n) is 2.91. The largest absolute Gasteiger partial charge is 0.311 e. The van der Waals surface area contributed by atoms with Crippen LogP contribution < -0.4 is 5.32 Å². The molecule has 1 atom stereocenters. The van der Waals surface area contributed by atoms with Crippen LogP contribution in [0.3, 0.4) is 0 Å². The van der Waals surface area contributed by atoms with Crippen molar-refractivity contribution in [2.45, 2.75) is 45.8 Å². The van der Waals surface area contributed by atoms with Crippen LogP contribution in [0.4, 0.5) is 0 Å². The van der Waals surface area contributed by atoms with Gasteiger partial charge in [0.05, 0.1) is 6.54 Å². The Morgan fingerprint density at radius 2 is 2.26 bits per heavy atom. The maximum absolute atomic E-state index is 4.44. The van der Waals surface area contributed by atoms with Crippen LogP contribution in [-0.4, -0.2) is 45.3 Å². The predicted octanol–water partition coefficient (Wildman–Crippen LogP) is 1.12. The van der Waals surface area contributed by atoms with E-state index in [1.54, 1.807) is 6.33 Å². The summed E-state index contributed by atoms with van der Waals surface area (Å²) in [6.07, 6.45) is 4.52. The van der Waals surface area contributed by atoms with E-state index in [1.165, 1.54) is 19.4 Å². The van der Waals surface area contributed by atoms with Gasteiger partial charge in [0.15, 0.2) is 0 Å². The van der Waals surface area contributed by atoms with E-state index >= 15 is 0 Å². The fourth-order valence-corrected chi connectivity index (χ4v) is 2.91. The Morgan fingerprint density at radius 3 is 3.00 bits per heavy atom. The fraction of sp³-hybridized carbons (Fsp3) is 0.857. The number of aromatic nitrogens is 3. The second-order valence-electron chi connectivity index (χ2n) is 6.39. The van der Waals surface area contributed by atoms with E-state index in [0.29, 0.717) is 12.0 Å². The van der Waals surface area contributed by atoms with Crippen molar-refractivity contribution in [3.05, 3.63) is 12.2 Å². The maximum Gasteiger partial charge on any atom is 0.141 e. The van der Waals surface area contributed by atoms with E-state index in [1.807, 2.05) is 0 Å². The first kappa shape index (κ1) is 13.1. The summed E-state index contributed by atoms with van der Waals surface area (Å²) in [7, 11) is 0. The van der Waals surface area contributed by atoms with E-state index in [9.17, 15) is 0 Å². The highest BCUT2D eigenvalue weighted by Gasteiger charge is 2.34. The number of rotatable bonds is 5. The first-order chi connectivity index (χ1) is 9.22. The lowest BCUT2D eigenvalue weighted by Gasteiger charge is -2.33. The van der Waals surface area contributed by atoms with Gasteiger partial charge in [0.25, 0.3) is 0 Å². The Morgan fingerprint density at radius 1 is 1.42 bits per heavy atom. The third kappa shape index (κ3) is 3.34. The highest BCUT2D eigenvalue weighted by Crippen LogP contribution is 2.33. The Kier molecular flexibility index (Phi) is 3.84. The molecule has 1 aromatic heterocycles. The minimum absolute atomic E-state index is 0.614. The van der Waals surface area contributed by atoms with Crippen molar-refractivity contribution in [3.8, 4) is 0 Å². The number of nitrogens with one attached hydrogen (secondary N) is 1. The van der Waals surface area contributed by atoms with Crippen LogP contribution in [-0.2, 0) is 13.1 Å². The van der Waals surface area contributed by atoms with Gasteiger partial charge in [-0.05, 0) is 24.7 Å². The maximum atomic E-state index is 4.44. The molecule has 0 amide bonds. The van der Waals surface area contributed by atoms with Crippen molar-refractivity contribution in [3.63, 3.8) is 0 Å². The van der Waals surface area contributed by atoms with Crippen LogP contribution in [0.25, 0.3) is 0 Å². The highest BCUT2D eigenvalue weighted by molar-refractivity contribution is 4.93. The van der Waals surface area contributed by atoms with Crippen molar-refractivity contribution >= 4 is 0 Å². The molecule has 0 bridgehead atoms. The standard InChI is InChI=1S/C14H25N5/c1-11(2)7-19-14(16-10-17-19)9-18-6-5-15-13(8-18)12-3-4-12/h10-13,15H,3-9H2,1-2H3. The van der Waals surface area contributed by atoms with Crippen LogP contribution in [0.1, 0.15) is 32.5 Å². The molecule has 1 saturated heterocycles. The molecule has 2 fully saturated rings. The molecule has 19 heavy (non-hydrogen) atoms. The van der Waals surface area contributed by atoms with Gasteiger partial charge in [-0.2, -0.15) is 5.10 Å². The van der Waals surface area contributed by atoms with Crippen molar-refractivity contribution < 1.29 is 0 Å². The molecule has 0 radical (unpaired) electrons. The SMILES string of the molecule is CC(C)Cn1ncnc1CN1CCNC(C2CC2)C1. The number of hydrogen-bond acceptors (Lipinski definition) is 4. The van der Waals surface area contributed by atoms with Gasteiger partial charge in [0.1, 0.15) is 12.2 Å². The third-order valence-electron chi connectivity index (χ3n) is 4.08.